The van der Waals surface area contributed by atoms with Crippen LogP contribution in [0.5, 0.6) is 5.75 Å². The van der Waals surface area contributed by atoms with E-state index in [1.165, 1.54) is 12.7 Å². The molecule has 1 atom stereocenters. The third kappa shape index (κ3) is 4.59. The number of rotatable bonds is 6. The number of nitrogens with zero attached hydrogens (tertiary/aromatic N) is 2. The summed E-state index contributed by atoms with van der Waals surface area (Å²) in [5.74, 6) is 1.33. The zero-order valence-electron chi connectivity index (χ0n) is 19.2. The van der Waals surface area contributed by atoms with Gasteiger partial charge in [0.05, 0.1) is 19.6 Å². The Hall–Kier alpha value is -2.08. The van der Waals surface area contributed by atoms with Crippen LogP contribution in [0, 0.1) is 17.3 Å². The summed E-state index contributed by atoms with van der Waals surface area (Å²) in [6.45, 7) is 8.90. The lowest BCUT2D eigenvalue weighted by molar-refractivity contribution is -0.147. The zero-order chi connectivity index (χ0) is 22.0. The number of esters is 1. The largest absolute Gasteiger partial charge is 0.491 e. The summed E-state index contributed by atoms with van der Waals surface area (Å²) in [5.41, 5.74) is 2.56. The Morgan fingerprint density at radius 1 is 1.16 bits per heavy atom. The van der Waals surface area contributed by atoms with Crippen LogP contribution in [0.3, 0.4) is 0 Å². The molecule has 0 unspecified atom stereocenters. The van der Waals surface area contributed by atoms with Crippen LogP contribution in [0.4, 0.5) is 0 Å². The number of fused-ring (bicyclic) bond motifs is 1. The molecule has 2 fully saturated rings. The van der Waals surface area contributed by atoms with Crippen LogP contribution in [0.1, 0.15) is 57.1 Å². The van der Waals surface area contributed by atoms with E-state index in [0.717, 1.165) is 63.1 Å². The molecule has 3 aliphatic rings. The van der Waals surface area contributed by atoms with E-state index in [9.17, 15) is 9.59 Å². The minimum absolute atomic E-state index is 0.0297. The highest BCUT2D eigenvalue weighted by Gasteiger charge is 2.56. The molecule has 1 aromatic carbocycles. The van der Waals surface area contributed by atoms with Gasteiger partial charge in [-0.1, -0.05) is 19.9 Å². The average molecular weight is 429 g/mol. The molecule has 2 heterocycles. The molecule has 1 saturated heterocycles. The second-order valence-electron chi connectivity index (χ2n) is 9.45. The Morgan fingerprint density at radius 2 is 1.90 bits per heavy atom. The Labute approximate surface area is 185 Å². The fourth-order valence-electron chi connectivity index (χ4n) is 5.43. The van der Waals surface area contributed by atoms with E-state index in [4.69, 9.17) is 9.47 Å². The topological polar surface area (TPSA) is 59.1 Å². The third-order valence-corrected chi connectivity index (χ3v) is 7.84. The fourth-order valence-corrected chi connectivity index (χ4v) is 5.43. The molecule has 0 bridgehead atoms. The van der Waals surface area contributed by atoms with Gasteiger partial charge in [-0.25, -0.2) is 0 Å². The monoisotopic (exact) mass is 428 g/mol. The summed E-state index contributed by atoms with van der Waals surface area (Å²) in [6.07, 6.45) is 4.89. The van der Waals surface area contributed by atoms with Gasteiger partial charge in [-0.05, 0) is 68.3 Å². The lowest BCUT2D eigenvalue weighted by atomic mass is 9.96. The highest BCUT2D eigenvalue weighted by atomic mass is 16.5. The van der Waals surface area contributed by atoms with Gasteiger partial charge >= 0.3 is 5.97 Å². The summed E-state index contributed by atoms with van der Waals surface area (Å²) >= 11 is 0. The van der Waals surface area contributed by atoms with Gasteiger partial charge < -0.3 is 14.4 Å². The number of benzene rings is 1. The minimum Gasteiger partial charge on any atom is -0.491 e. The van der Waals surface area contributed by atoms with Crippen molar-refractivity contribution in [2.45, 2.75) is 59.0 Å². The molecule has 1 aromatic rings. The van der Waals surface area contributed by atoms with Crippen molar-refractivity contribution >= 4 is 11.9 Å². The first-order valence-corrected chi connectivity index (χ1v) is 11.8. The Balaban J connectivity index is 1.39. The van der Waals surface area contributed by atoms with E-state index in [1.54, 1.807) is 0 Å². The van der Waals surface area contributed by atoms with Crippen molar-refractivity contribution in [2.75, 3.05) is 33.4 Å². The lowest BCUT2D eigenvalue weighted by Crippen LogP contribution is -2.36. The summed E-state index contributed by atoms with van der Waals surface area (Å²) in [6, 6.07) is 6.38. The number of ether oxygens (including phenoxy) is 2. The third-order valence-electron chi connectivity index (χ3n) is 7.84. The second kappa shape index (κ2) is 9.19. The predicted molar refractivity (Wildman–Crippen MR) is 118 cm³/mol. The smallest absolute Gasteiger partial charge is 0.308 e. The molecule has 4 rings (SSSR count). The van der Waals surface area contributed by atoms with Gasteiger partial charge in [-0.15, -0.1) is 0 Å². The van der Waals surface area contributed by atoms with Gasteiger partial charge in [0, 0.05) is 24.6 Å². The van der Waals surface area contributed by atoms with Crippen LogP contribution in [0.15, 0.2) is 18.2 Å². The standard InChI is InChI=1S/C25H36N2O4/c1-4-25(5-2)15-21(25)23(28)27-12-13-31-22-7-6-18(14-20(22)17-27)16-26-10-8-19(9-11-26)24(29)30-3/h6-7,14,19,21H,4-5,8-13,15-17H2,1-3H3/t21-/m0/s1. The lowest BCUT2D eigenvalue weighted by Gasteiger charge is -2.30. The molecule has 1 amide bonds. The molecule has 1 saturated carbocycles. The van der Waals surface area contributed by atoms with Crippen LogP contribution < -0.4 is 4.74 Å². The van der Waals surface area contributed by atoms with Crippen LogP contribution in [0.2, 0.25) is 0 Å². The van der Waals surface area contributed by atoms with Crippen molar-refractivity contribution < 1.29 is 19.1 Å². The first-order valence-electron chi connectivity index (χ1n) is 11.8. The first kappa shape index (κ1) is 22.1. The molecule has 170 valence electrons. The SMILES string of the molecule is CCC1(CC)C[C@H]1C(=O)N1CCOc2ccc(CN3CCC(C(=O)OC)CC3)cc2C1. The zero-order valence-corrected chi connectivity index (χ0v) is 19.2. The van der Waals surface area contributed by atoms with Gasteiger partial charge in [-0.3, -0.25) is 14.5 Å². The van der Waals surface area contributed by atoms with E-state index >= 15 is 0 Å². The number of amides is 1. The number of carbonyl (C=O) groups excluding carboxylic acids is 2. The molecule has 0 aromatic heterocycles. The van der Waals surface area contributed by atoms with Gasteiger partial charge in [0.2, 0.25) is 5.91 Å². The average Bonchev–Trinajstić information content (AvgIpc) is 3.57. The highest BCUT2D eigenvalue weighted by Crippen LogP contribution is 2.58. The maximum Gasteiger partial charge on any atom is 0.308 e. The van der Waals surface area contributed by atoms with E-state index in [-0.39, 0.29) is 23.2 Å². The molecule has 0 spiro atoms. The van der Waals surface area contributed by atoms with E-state index in [1.807, 2.05) is 4.90 Å². The highest BCUT2D eigenvalue weighted by molar-refractivity contribution is 5.83. The Morgan fingerprint density at radius 3 is 2.55 bits per heavy atom. The van der Waals surface area contributed by atoms with Crippen molar-refractivity contribution in [3.8, 4) is 5.75 Å². The van der Waals surface area contributed by atoms with Crippen molar-refractivity contribution in [2.24, 2.45) is 17.3 Å². The van der Waals surface area contributed by atoms with Crippen molar-refractivity contribution in [3.63, 3.8) is 0 Å². The van der Waals surface area contributed by atoms with Gasteiger partial charge in [0.25, 0.3) is 0 Å². The van der Waals surface area contributed by atoms with Crippen LogP contribution in [0.25, 0.3) is 0 Å². The van der Waals surface area contributed by atoms with Gasteiger partial charge in [0.15, 0.2) is 0 Å². The molecule has 0 radical (unpaired) electrons. The summed E-state index contributed by atoms with van der Waals surface area (Å²) < 4.78 is 10.9. The van der Waals surface area contributed by atoms with Crippen LogP contribution in [-0.4, -0.2) is 55.0 Å². The molecule has 1 aliphatic carbocycles. The van der Waals surface area contributed by atoms with Gasteiger partial charge in [-0.2, -0.15) is 0 Å². The minimum atomic E-state index is -0.0857. The first-order chi connectivity index (χ1) is 15.0. The van der Waals surface area contributed by atoms with E-state index in [0.29, 0.717) is 25.6 Å². The second-order valence-corrected chi connectivity index (χ2v) is 9.45. The molecule has 6 nitrogen and oxygen atoms in total. The Kier molecular flexibility index (Phi) is 6.56. The molecular formula is C25H36N2O4. The molecule has 2 aliphatic heterocycles. The molecule has 6 heteroatoms. The van der Waals surface area contributed by atoms with Crippen molar-refractivity contribution in [1.29, 1.82) is 0 Å². The quantitative estimate of drug-likeness (QED) is 0.648. The van der Waals surface area contributed by atoms with E-state index in [2.05, 4.69) is 36.9 Å². The number of methoxy groups -OCH3 is 1. The van der Waals surface area contributed by atoms with Crippen LogP contribution >= 0.6 is 0 Å². The summed E-state index contributed by atoms with van der Waals surface area (Å²) in [7, 11) is 1.47. The fraction of sp³-hybridized carbons (Fsp3) is 0.680. The normalized spacial score (nSPS) is 23.5. The van der Waals surface area contributed by atoms with Gasteiger partial charge in [0.1, 0.15) is 12.4 Å². The summed E-state index contributed by atoms with van der Waals surface area (Å²) in [4.78, 5) is 29.3. The number of hydrogen-bond donors (Lipinski definition) is 0. The predicted octanol–water partition coefficient (Wildman–Crippen LogP) is 3.62. The van der Waals surface area contributed by atoms with Crippen LogP contribution in [-0.2, 0) is 27.4 Å². The molecule has 31 heavy (non-hydrogen) atoms. The number of likely N-dealkylation sites (tertiary alicyclic amines) is 1. The number of hydrogen-bond acceptors (Lipinski definition) is 5. The maximum absolute atomic E-state index is 13.2. The molecule has 0 N–H and O–H groups in total. The molecular weight excluding hydrogens is 392 g/mol. The van der Waals surface area contributed by atoms with E-state index < -0.39 is 0 Å². The maximum atomic E-state index is 13.2. The van der Waals surface area contributed by atoms with Crippen molar-refractivity contribution in [3.05, 3.63) is 29.3 Å². The number of piperidine rings is 1. The Bertz CT molecular complexity index is 812. The number of carbonyl (C=O) groups is 2. The summed E-state index contributed by atoms with van der Waals surface area (Å²) in [5, 5.41) is 0. The van der Waals surface area contributed by atoms with Crippen molar-refractivity contribution in [1.82, 2.24) is 9.80 Å².